The van der Waals surface area contributed by atoms with Gasteiger partial charge in [-0.3, -0.25) is 9.59 Å². The van der Waals surface area contributed by atoms with Crippen LogP contribution in [0.15, 0.2) is 46.9 Å². The Labute approximate surface area is 192 Å². The molecule has 0 aliphatic carbocycles. The maximum Gasteiger partial charge on any atom is 0.254 e. The Morgan fingerprint density at radius 3 is 2.87 bits per heavy atom. The maximum atomic E-state index is 12.9. The van der Waals surface area contributed by atoms with Crippen LogP contribution in [0, 0.1) is 0 Å². The minimum absolute atomic E-state index is 0.0105. The van der Waals surface area contributed by atoms with Gasteiger partial charge >= 0.3 is 0 Å². The number of nitrogens with one attached hydrogen (secondary N) is 1. The fourth-order valence-electron chi connectivity index (χ4n) is 4.56. The number of rotatable bonds is 7. The molecule has 2 aliphatic rings. The Balaban J connectivity index is 1.31. The third kappa shape index (κ3) is 5.36. The average Bonchev–Trinajstić information content (AvgIpc) is 3.07. The van der Waals surface area contributed by atoms with Crippen molar-refractivity contribution >= 4 is 27.7 Å². The predicted octanol–water partition coefficient (Wildman–Crippen LogP) is 4.60. The summed E-state index contributed by atoms with van der Waals surface area (Å²) in [5.41, 5.74) is 3.26. The number of amides is 2. The van der Waals surface area contributed by atoms with Gasteiger partial charge in [0.25, 0.3) is 11.8 Å². The van der Waals surface area contributed by atoms with Gasteiger partial charge in [0.1, 0.15) is 0 Å². The minimum Gasteiger partial charge on any atom is -0.352 e. The summed E-state index contributed by atoms with van der Waals surface area (Å²) >= 11 is 3.48. The number of hydrogen-bond acceptors (Lipinski definition) is 3. The summed E-state index contributed by atoms with van der Waals surface area (Å²) in [7, 11) is 0. The van der Waals surface area contributed by atoms with E-state index in [-0.39, 0.29) is 11.8 Å². The molecule has 1 atom stereocenters. The molecule has 5 nitrogen and oxygen atoms in total. The summed E-state index contributed by atoms with van der Waals surface area (Å²) in [5, 5.41) is 3.02. The zero-order chi connectivity index (χ0) is 21.8. The van der Waals surface area contributed by atoms with E-state index in [1.165, 1.54) is 25.8 Å². The van der Waals surface area contributed by atoms with Crippen molar-refractivity contribution in [3.63, 3.8) is 0 Å². The molecule has 4 rings (SSSR count). The molecule has 0 saturated carbocycles. The van der Waals surface area contributed by atoms with E-state index in [1.54, 1.807) is 6.07 Å². The van der Waals surface area contributed by atoms with Gasteiger partial charge in [-0.1, -0.05) is 40.5 Å². The second-order valence-electron chi connectivity index (χ2n) is 8.65. The molecule has 1 fully saturated rings. The third-order valence-corrected chi connectivity index (χ3v) is 6.85. The van der Waals surface area contributed by atoms with E-state index < -0.39 is 0 Å². The molecule has 6 heteroatoms. The van der Waals surface area contributed by atoms with Gasteiger partial charge < -0.3 is 15.1 Å². The van der Waals surface area contributed by atoms with Crippen LogP contribution in [0.5, 0.6) is 0 Å². The molecular weight excluding hydrogens is 454 g/mol. The highest BCUT2D eigenvalue weighted by molar-refractivity contribution is 9.10. The number of carbonyl (C=O) groups is 2. The summed E-state index contributed by atoms with van der Waals surface area (Å²) in [4.78, 5) is 29.9. The molecule has 2 amide bonds. The number of fused-ring (bicyclic) bond motifs is 1. The summed E-state index contributed by atoms with van der Waals surface area (Å²) in [6.07, 6.45) is 4.82. The molecule has 0 spiro atoms. The van der Waals surface area contributed by atoms with E-state index in [0.717, 1.165) is 28.6 Å². The van der Waals surface area contributed by atoms with Crippen molar-refractivity contribution in [3.8, 4) is 0 Å². The van der Waals surface area contributed by atoms with Crippen LogP contribution in [0.2, 0.25) is 0 Å². The Morgan fingerprint density at radius 1 is 1.19 bits per heavy atom. The van der Waals surface area contributed by atoms with Crippen LogP contribution >= 0.6 is 15.9 Å². The molecular formula is C25H30BrN3O2. The lowest BCUT2D eigenvalue weighted by Gasteiger charge is -2.33. The highest BCUT2D eigenvalue weighted by Gasteiger charge is 2.28. The van der Waals surface area contributed by atoms with Crippen LogP contribution in [0.1, 0.15) is 64.4 Å². The lowest BCUT2D eigenvalue weighted by atomic mass is 10.0. The van der Waals surface area contributed by atoms with Crippen LogP contribution in [0.25, 0.3) is 0 Å². The van der Waals surface area contributed by atoms with Crippen LogP contribution in [-0.2, 0) is 13.1 Å². The quantitative estimate of drug-likeness (QED) is 0.585. The number of likely N-dealkylation sites (tertiary alicyclic amines) is 1. The molecule has 2 aromatic rings. The highest BCUT2D eigenvalue weighted by atomic mass is 79.9. The van der Waals surface area contributed by atoms with E-state index in [1.807, 2.05) is 41.3 Å². The van der Waals surface area contributed by atoms with Gasteiger partial charge in [-0.25, -0.2) is 0 Å². The molecule has 1 unspecified atom stereocenters. The number of halogens is 1. The molecule has 0 bridgehead atoms. The zero-order valence-electron chi connectivity index (χ0n) is 18.1. The van der Waals surface area contributed by atoms with Crippen molar-refractivity contribution in [2.24, 2.45) is 0 Å². The van der Waals surface area contributed by atoms with Crippen molar-refractivity contribution < 1.29 is 9.59 Å². The third-order valence-electron chi connectivity index (χ3n) is 6.36. The van der Waals surface area contributed by atoms with E-state index in [0.29, 0.717) is 36.8 Å². The zero-order valence-corrected chi connectivity index (χ0v) is 19.7. The minimum atomic E-state index is -0.104. The smallest absolute Gasteiger partial charge is 0.254 e. The Morgan fingerprint density at radius 2 is 2.06 bits per heavy atom. The maximum absolute atomic E-state index is 12.9. The highest BCUT2D eigenvalue weighted by Crippen LogP contribution is 2.26. The van der Waals surface area contributed by atoms with Crippen LogP contribution in [0.4, 0.5) is 0 Å². The van der Waals surface area contributed by atoms with Crippen LogP contribution < -0.4 is 5.32 Å². The molecule has 1 saturated heterocycles. The number of piperidine rings is 1. The van der Waals surface area contributed by atoms with Crippen molar-refractivity contribution in [3.05, 3.63) is 69.2 Å². The van der Waals surface area contributed by atoms with E-state index in [9.17, 15) is 9.59 Å². The molecule has 1 N–H and O–H groups in total. The SMILES string of the molecule is CC1CCCCN1CCCNC(=O)c1ccc2c(c1)C(=O)N(Cc1cccc(Br)c1)C2. The molecule has 0 radical (unpaired) electrons. The number of nitrogens with zero attached hydrogens (tertiary/aromatic N) is 2. The van der Waals surface area contributed by atoms with E-state index >= 15 is 0 Å². The van der Waals surface area contributed by atoms with Gasteiger partial charge in [0.2, 0.25) is 0 Å². The van der Waals surface area contributed by atoms with Crippen LogP contribution in [0.3, 0.4) is 0 Å². The first kappa shape index (κ1) is 22.0. The van der Waals surface area contributed by atoms with Crippen LogP contribution in [-0.4, -0.2) is 47.3 Å². The monoisotopic (exact) mass is 483 g/mol. The van der Waals surface area contributed by atoms with Gasteiger partial charge in [-0.2, -0.15) is 0 Å². The van der Waals surface area contributed by atoms with E-state index in [2.05, 4.69) is 33.1 Å². The Bertz CT molecular complexity index is 962. The topological polar surface area (TPSA) is 52.7 Å². The Hall–Kier alpha value is -2.18. The molecule has 31 heavy (non-hydrogen) atoms. The summed E-state index contributed by atoms with van der Waals surface area (Å²) in [5.74, 6) is -0.114. The van der Waals surface area contributed by atoms with Gasteiger partial charge in [-0.05, 0) is 68.1 Å². The lowest BCUT2D eigenvalue weighted by molar-refractivity contribution is 0.0766. The lowest BCUT2D eigenvalue weighted by Crippen LogP contribution is -2.39. The first-order valence-corrected chi connectivity index (χ1v) is 12.0. The summed E-state index contributed by atoms with van der Waals surface area (Å²) < 4.78 is 1.00. The predicted molar refractivity (Wildman–Crippen MR) is 126 cm³/mol. The number of benzene rings is 2. The van der Waals surface area contributed by atoms with Crippen molar-refractivity contribution in [2.75, 3.05) is 19.6 Å². The molecule has 2 aliphatic heterocycles. The van der Waals surface area contributed by atoms with Gasteiger partial charge in [0.15, 0.2) is 0 Å². The van der Waals surface area contributed by atoms with Crippen molar-refractivity contribution in [1.82, 2.24) is 15.1 Å². The summed E-state index contributed by atoms with van der Waals surface area (Å²) in [6.45, 7) is 6.27. The molecule has 0 aromatic heterocycles. The number of hydrogen-bond donors (Lipinski definition) is 1. The summed E-state index contributed by atoms with van der Waals surface area (Å²) in [6, 6.07) is 14.1. The largest absolute Gasteiger partial charge is 0.352 e. The Kier molecular flexibility index (Phi) is 7.08. The second-order valence-corrected chi connectivity index (χ2v) is 9.57. The fourth-order valence-corrected chi connectivity index (χ4v) is 5.01. The fraction of sp³-hybridized carbons (Fsp3) is 0.440. The number of carbonyl (C=O) groups excluding carboxylic acids is 2. The van der Waals surface area contributed by atoms with Crippen molar-refractivity contribution in [1.29, 1.82) is 0 Å². The van der Waals surface area contributed by atoms with Gasteiger partial charge in [0.05, 0.1) is 0 Å². The van der Waals surface area contributed by atoms with Gasteiger partial charge in [0, 0.05) is 47.8 Å². The first-order valence-electron chi connectivity index (χ1n) is 11.2. The van der Waals surface area contributed by atoms with Gasteiger partial charge in [-0.15, -0.1) is 0 Å². The molecule has 2 heterocycles. The normalized spacial score (nSPS) is 18.8. The van der Waals surface area contributed by atoms with Crippen molar-refractivity contribution in [2.45, 2.75) is 51.7 Å². The second kappa shape index (κ2) is 9.96. The molecule has 2 aromatic carbocycles. The average molecular weight is 484 g/mol. The first-order chi connectivity index (χ1) is 15.0. The van der Waals surface area contributed by atoms with E-state index in [4.69, 9.17) is 0 Å². The molecule has 164 valence electrons. The standard InChI is InChI=1S/C25H30BrN3O2/c1-18-6-2-3-12-28(18)13-5-11-27-24(30)20-9-10-21-17-29(25(31)23(21)15-20)16-19-7-4-8-22(26)14-19/h4,7-10,14-15,18H,2-3,5-6,11-13,16-17H2,1H3,(H,27,30).